The van der Waals surface area contributed by atoms with Crippen LogP contribution in [0, 0.1) is 6.92 Å². The molecule has 1 heteroatoms. The van der Waals surface area contributed by atoms with Crippen molar-refractivity contribution < 1.29 is 0 Å². The van der Waals surface area contributed by atoms with Gasteiger partial charge in [-0.1, -0.05) is 86.3 Å². The van der Waals surface area contributed by atoms with Crippen molar-refractivity contribution >= 4 is 5.69 Å². The minimum absolute atomic E-state index is 0.179. The van der Waals surface area contributed by atoms with Gasteiger partial charge < -0.3 is 5.32 Å². The van der Waals surface area contributed by atoms with Crippen molar-refractivity contribution in [3.63, 3.8) is 0 Å². The third-order valence-corrected chi connectivity index (χ3v) is 5.16. The van der Waals surface area contributed by atoms with Gasteiger partial charge >= 0.3 is 0 Å². The summed E-state index contributed by atoms with van der Waals surface area (Å²) in [6, 6.07) is 29.4. The first-order chi connectivity index (χ1) is 13.1. The smallest absolute Gasteiger partial charge is 0.0379 e. The van der Waals surface area contributed by atoms with Crippen LogP contribution in [0.25, 0.3) is 0 Å². The molecule has 3 rings (SSSR count). The summed E-state index contributed by atoms with van der Waals surface area (Å²) < 4.78 is 0. The lowest BCUT2D eigenvalue weighted by Gasteiger charge is -2.33. The zero-order valence-electron chi connectivity index (χ0n) is 16.2. The van der Waals surface area contributed by atoms with Gasteiger partial charge in [0, 0.05) is 17.3 Å². The molecule has 0 fully saturated rings. The Hall–Kier alpha value is -3.06. The number of allylic oxidation sites excluding steroid dienone is 2. The summed E-state index contributed by atoms with van der Waals surface area (Å²) in [5.74, 6) is 0. The molecule has 0 saturated heterocycles. The van der Waals surface area contributed by atoms with Crippen LogP contribution in [0.15, 0.2) is 109 Å². The molecule has 0 bridgehead atoms. The third-order valence-electron chi connectivity index (χ3n) is 5.16. The highest BCUT2D eigenvalue weighted by Gasteiger charge is 2.30. The lowest BCUT2D eigenvalue weighted by Crippen LogP contribution is -2.27. The largest absolute Gasteiger partial charge is 0.362 e. The molecule has 0 aliphatic rings. The summed E-state index contributed by atoms with van der Waals surface area (Å²) >= 11 is 0. The number of hydrogen-bond acceptors (Lipinski definition) is 1. The third kappa shape index (κ3) is 4.57. The summed E-state index contributed by atoms with van der Waals surface area (Å²) in [6.45, 7) is 8.91. The van der Waals surface area contributed by atoms with Crippen LogP contribution in [-0.4, -0.2) is 0 Å². The van der Waals surface area contributed by atoms with E-state index in [4.69, 9.17) is 0 Å². The summed E-state index contributed by atoms with van der Waals surface area (Å²) in [6.07, 6.45) is 4.99. The molecule has 136 valence electrons. The van der Waals surface area contributed by atoms with E-state index in [-0.39, 0.29) is 5.41 Å². The Morgan fingerprint density at radius 2 is 1.48 bits per heavy atom. The van der Waals surface area contributed by atoms with E-state index in [1.54, 1.807) is 0 Å². The first kappa shape index (κ1) is 18.7. The zero-order chi connectivity index (χ0) is 19.1. The second-order valence-corrected chi connectivity index (χ2v) is 7.18. The first-order valence-electron chi connectivity index (χ1n) is 9.37. The molecule has 1 nitrogen and oxygen atoms in total. The van der Waals surface area contributed by atoms with Crippen LogP contribution in [0.1, 0.15) is 23.6 Å². The second kappa shape index (κ2) is 8.55. The molecule has 0 aromatic heterocycles. The van der Waals surface area contributed by atoms with Crippen LogP contribution in [0.4, 0.5) is 5.69 Å². The number of nitrogens with one attached hydrogen (secondary N) is 1. The van der Waals surface area contributed by atoms with Gasteiger partial charge in [0.15, 0.2) is 0 Å². The van der Waals surface area contributed by atoms with Gasteiger partial charge in [-0.15, -0.1) is 0 Å². The molecule has 0 amide bonds. The van der Waals surface area contributed by atoms with Crippen LogP contribution >= 0.6 is 0 Å². The van der Waals surface area contributed by atoms with Gasteiger partial charge in [0.1, 0.15) is 0 Å². The summed E-state index contributed by atoms with van der Waals surface area (Å²) in [7, 11) is 0. The number of aryl methyl sites for hydroxylation is 1. The predicted molar refractivity (Wildman–Crippen MR) is 117 cm³/mol. The molecule has 0 saturated carbocycles. The second-order valence-electron chi connectivity index (χ2n) is 7.18. The van der Waals surface area contributed by atoms with Gasteiger partial charge in [-0.3, -0.25) is 0 Å². The van der Waals surface area contributed by atoms with Crippen LogP contribution < -0.4 is 5.32 Å². The molecule has 0 spiro atoms. The Morgan fingerprint density at radius 3 is 2.15 bits per heavy atom. The van der Waals surface area contributed by atoms with Gasteiger partial charge in [0.2, 0.25) is 0 Å². The molecule has 0 radical (unpaired) electrons. The van der Waals surface area contributed by atoms with Gasteiger partial charge in [-0.2, -0.15) is 0 Å². The number of para-hydroxylation sites is 1. The number of rotatable bonds is 7. The standard InChI is InChI=1S/C26H27N/c1-21-12-10-11-17-25(21)26(3,20-23-13-6-4-7-14-23)22(2)18-19-27-24-15-8-5-9-16-24/h4-19,27H,2,20H2,1,3H3. The molecule has 3 aromatic rings. The van der Waals surface area contributed by atoms with Gasteiger partial charge in [0.25, 0.3) is 0 Å². The molecular formula is C26H27N. The fraction of sp³-hybridized carbons (Fsp3) is 0.154. The summed E-state index contributed by atoms with van der Waals surface area (Å²) in [5, 5.41) is 3.34. The van der Waals surface area contributed by atoms with E-state index >= 15 is 0 Å². The average Bonchev–Trinajstić information content (AvgIpc) is 2.69. The highest BCUT2D eigenvalue weighted by Crippen LogP contribution is 2.37. The molecule has 3 aromatic carbocycles. The maximum absolute atomic E-state index is 4.44. The van der Waals surface area contributed by atoms with Crippen molar-refractivity contribution in [3.05, 3.63) is 126 Å². The highest BCUT2D eigenvalue weighted by atomic mass is 14.8. The molecule has 0 aliphatic carbocycles. The monoisotopic (exact) mass is 353 g/mol. The van der Waals surface area contributed by atoms with E-state index in [1.807, 2.05) is 24.4 Å². The van der Waals surface area contributed by atoms with Crippen molar-refractivity contribution in [3.8, 4) is 0 Å². The van der Waals surface area contributed by atoms with E-state index in [1.165, 1.54) is 16.7 Å². The van der Waals surface area contributed by atoms with Crippen molar-refractivity contribution in [2.24, 2.45) is 0 Å². The Morgan fingerprint density at radius 1 is 0.889 bits per heavy atom. The van der Waals surface area contributed by atoms with Crippen LogP contribution in [-0.2, 0) is 11.8 Å². The SMILES string of the molecule is C=C(C=CNc1ccccc1)C(C)(Cc1ccccc1)c1ccccc1C. The minimum Gasteiger partial charge on any atom is -0.362 e. The van der Waals surface area contributed by atoms with Crippen molar-refractivity contribution in [2.45, 2.75) is 25.7 Å². The van der Waals surface area contributed by atoms with Crippen molar-refractivity contribution in [1.82, 2.24) is 0 Å². The van der Waals surface area contributed by atoms with Crippen LogP contribution in [0.5, 0.6) is 0 Å². The Balaban J connectivity index is 1.89. The average molecular weight is 354 g/mol. The van der Waals surface area contributed by atoms with E-state index < -0.39 is 0 Å². The number of hydrogen-bond donors (Lipinski definition) is 1. The quantitative estimate of drug-likeness (QED) is 0.467. The molecule has 1 unspecified atom stereocenters. The van der Waals surface area contributed by atoms with E-state index in [0.29, 0.717) is 0 Å². The van der Waals surface area contributed by atoms with E-state index in [9.17, 15) is 0 Å². The number of anilines is 1. The molecule has 27 heavy (non-hydrogen) atoms. The Labute approximate surface area is 163 Å². The Bertz CT molecular complexity index is 909. The maximum atomic E-state index is 4.44. The van der Waals surface area contributed by atoms with Gasteiger partial charge in [-0.05, 0) is 53.8 Å². The number of benzene rings is 3. The molecule has 0 heterocycles. The molecule has 1 N–H and O–H groups in total. The first-order valence-corrected chi connectivity index (χ1v) is 9.37. The van der Waals surface area contributed by atoms with Crippen molar-refractivity contribution in [2.75, 3.05) is 5.32 Å². The van der Waals surface area contributed by atoms with E-state index in [2.05, 4.69) is 98.5 Å². The fourth-order valence-electron chi connectivity index (χ4n) is 3.53. The Kier molecular flexibility index (Phi) is 5.93. The van der Waals surface area contributed by atoms with Crippen LogP contribution in [0.3, 0.4) is 0 Å². The van der Waals surface area contributed by atoms with Gasteiger partial charge in [0.05, 0.1) is 0 Å². The predicted octanol–water partition coefficient (Wildman–Crippen LogP) is 6.68. The van der Waals surface area contributed by atoms with Gasteiger partial charge in [-0.25, -0.2) is 0 Å². The molecular weight excluding hydrogens is 326 g/mol. The minimum atomic E-state index is -0.179. The lowest BCUT2D eigenvalue weighted by atomic mass is 9.70. The highest BCUT2D eigenvalue weighted by molar-refractivity contribution is 5.49. The topological polar surface area (TPSA) is 12.0 Å². The normalized spacial score (nSPS) is 13.3. The zero-order valence-corrected chi connectivity index (χ0v) is 16.2. The lowest BCUT2D eigenvalue weighted by molar-refractivity contribution is 0.564. The summed E-state index contributed by atoms with van der Waals surface area (Å²) in [4.78, 5) is 0. The maximum Gasteiger partial charge on any atom is 0.0379 e. The van der Waals surface area contributed by atoms with E-state index in [0.717, 1.165) is 17.7 Å². The van der Waals surface area contributed by atoms with Crippen LogP contribution in [0.2, 0.25) is 0 Å². The molecule has 0 aliphatic heterocycles. The fourth-order valence-corrected chi connectivity index (χ4v) is 3.53. The molecule has 1 atom stereocenters. The summed E-state index contributed by atoms with van der Waals surface area (Å²) in [5.41, 5.74) is 5.91. The van der Waals surface area contributed by atoms with Crippen molar-refractivity contribution in [1.29, 1.82) is 0 Å².